The van der Waals surface area contributed by atoms with Gasteiger partial charge in [-0.15, -0.1) is 0 Å². The van der Waals surface area contributed by atoms with E-state index in [9.17, 15) is 0 Å². The molecule has 0 saturated heterocycles. The van der Waals surface area contributed by atoms with Crippen molar-refractivity contribution in [2.75, 3.05) is 0 Å². The summed E-state index contributed by atoms with van der Waals surface area (Å²) in [4.78, 5) is 0. The maximum Gasteiger partial charge on any atom is -0.0269 e. The van der Waals surface area contributed by atoms with E-state index in [-0.39, 0.29) is 0 Å². The minimum atomic E-state index is 0.662. The van der Waals surface area contributed by atoms with E-state index in [1.54, 1.807) is 0 Å². The van der Waals surface area contributed by atoms with Gasteiger partial charge < -0.3 is 0 Å². The molecule has 0 aromatic rings. The molecule has 7 atom stereocenters. The zero-order valence-electron chi connectivity index (χ0n) is 12.2. The molecule has 0 aromatic carbocycles. The molecule has 0 bridgehead atoms. The molecule has 2 fully saturated rings. The lowest BCUT2D eigenvalue weighted by Crippen LogP contribution is -2.26. The fraction of sp³-hybridized carbons (Fsp3) is 1.00. The average Bonchev–Trinajstić information content (AvgIpc) is 3.04. The van der Waals surface area contributed by atoms with Crippen LogP contribution in [0.15, 0.2) is 0 Å². The van der Waals surface area contributed by atoms with Crippen LogP contribution in [-0.2, 0) is 0 Å². The van der Waals surface area contributed by atoms with E-state index in [1.165, 1.54) is 6.42 Å². The molecule has 0 nitrogen and oxygen atoms in total. The fourth-order valence-corrected chi connectivity index (χ4v) is 4.30. The normalized spacial score (nSPS) is 51.9. The molecular formula is C16H30. The van der Waals surface area contributed by atoms with Crippen molar-refractivity contribution in [2.45, 2.75) is 54.9 Å². The zero-order chi connectivity index (χ0) is 12.2. The molecule has 2 rings (SSSR count). The second kappa shape index (κ2) is 3.75. The predicted octanol–water partition coefficient (Wildman–Crippen LogP) is 4.84. The summed E-state index contributed by atoms with van der Waals surface area (Å²) in [5.74, 6) is 6.65. The van der Waals surface area contributed by atoms with Crippen molar-refractivity contribution in [1.29, 1.82) is 0 Å². The second-order valence-corrected chi connectivity index (χ2v) is 7.41. The molecule has 0 amide bonds. The first-order valence-electron chi connectivity index (χ1n) is 7.30. The van der Waals surface area contributed by atoms with Crippen LogP contribution >= 0.6 is 0 Å². The van der Waals surface area contributed by atoms with Gasteiger partial charge in [-0.05, 0) is 53.3 Å². The number of hydrogen-bond acceptors (Lipinski definition) is 0. The van der Waals surface area contributed by atoms with E-state index in [0.29, 0.717) is 5.41 Å². The Labute approximate surface area is 102 Å². The van der Waals surface area contributed by atoms with E-state index < -0.39 is 0 Å². The average molecular weight is 222 g/mol. The summed E-state index contributed by atoms with van der Waals surface area (Å²) in [7, 11) is 0. The highest BCUT2D eigenvalue weighted by molar-refractivity contribution is 5.03. The van der Waals surface area contributed by atoms with E-state index in [1.807, 2.05) is 0 Å². The van der Waals surface area contributed by atoms with Crippen molar-refractivity contribution in [3.63, 3.8) is 0 Å². The van der Waals surface area contributed by atoms with Gasteiger partial charge in [0, 0.05) is 0 Å². The Kier molecular flexibility index (Phi) is 2.92. The lowest BCUT2D eigenvalue weighted by molar-refractivity contribution is 0.166. The smallest absolute Gasteiger partial charge is 0.0269 e. The molecule has 2 saturated carbocycles. The Balaban J connectivity index is 1.95. The highest BCUT2D eigenvalue weighted by Gasteiger charge is 2.55. The third-order valence-electron chi connectivity index (χ3n) is 6.88. The highest BCUT2D eigenvalue weighted by Crippen LogP contribution is 2.62. The third-order valence-corrected chi connectivity index (χ3v) is 6.88. The van der Waals surface area contributed by atoms with Crippen LogP contribution in [0, 0.1) is 46.8 Å². The topological polar surface area (TPSA) is 0 Å². The van der Waals surface area contributed by atoms with Gasteiger partial charge in [-0.25, -0.2) is 0 Å². The standard InChI is InChI=1S/C16H30/c1-9-8-16(9,7)14(6)10(2)11(3)15-12(4)13(15)5/h9-15H,8H2,1-7H3. The number of rotatable bonds is 4. The zero-order valence-corrected chi connectivity index (χ0v) is 12.2. The fourth-order valence-electron chi connectivity index (χ4n) is 4.30. The van der Waals surface area contributed by atoms with Crippen LogP contribution in [0.25, 0.3) is 0 Å². The van der Waals surface area contributed by atoms with Crippen molar-refractivity contribution in [3.8, 4) is 0 Å². The predicted molar refractivity (Wildman–Crippen MR) is 71.2 cm³/mol. The van der Waals surface area contributed by atoms with Gasteiger partial charge >= 0.3 is 0 Å². The second-order valence-electron chi connectivity index (χ2n) is 7.41. The Hall–Kier alpha value is 0. The monoisotopic (exact) mass is 222 g/mol. The van der Waals surface area contributed by atoms with Gasteiger partial charge in [-0.1, -0.05) is 48.5 Å². The van der Waals surface area contributed by atoms with Gasteiger partial charge in [0.2, 0.25) is 0 Å². The van der Waals surface area contributed by atoms with Gasteiger partial charge in [-0.3, -0.25) is 0 Å². The van der Waals surface area contributed by atoms with Crippen molar-refractivity contribution < 1.29 is 0 Å². The Morgan fingerprint density at radius 1 is 1.00 bits per heavy atom. The van der Waals surface area contributed by atoms with Crippen LogP contribution < -0.4 is 0 Å². The Bertz CT molecular complexity index is 261. The summed E-state index contributed by atoms with van der Waals surface area (Å²) in [6.07, 6.45) is 1.46. The van der Waals surface area contributed by atoms with Gasteiger partial charge in [0.15, 0.2) is 0 Å². The van der Waals surface area contributed by atoms with Crippen LogP contribution in [0.2, 0.25) is 0 Å². The lowest BCUT2D eigenvalue weighted by Gasteiger charge is -2.32. The number of hydrogen-bond donors (Lipinski definition) is 0. The van der Waals surface area contributed by atoms with Crippen molar-refractivity contribution in [2.24, 2.45) is 46.8 Å². The molecule has 0 aromatic heterocycles. The van der Waals surface area contributed by atoms with Gasteiger partial charge in [-0.2, -0.15) is 0 Å². The summed E-state index contributed by atoms with van der Waals surface area (Å²) in [6, 6.07) is 0. The highest BCUT2D eigenvalue weighted by atomic mass is 14.6. The summed E-state index contributed by atoms with van der Waals surface area (Å²) in [5.41, 5.74) is 0.662. The molecule has 0 radical (unpaired) electrons. The molecule has 0 heteroatoms. The van der Waals surface area contributed by atoms with Gasteiger partial charge in [0.05, 0.1) is 0 Å². The minimum Gasteiger partial charge on any atom is -0.0620 e. The van der Waals surface area contributed by atoms with Crippen LogP contribution in [0.3, 0.4) is 0 Å². The quantitative estimate of drug-likeness (QED) is 0.638. The SMILES string of the molecule is CC1C(C)C1C(C)C(C)C(C)C1(C)CC1C. The van der Waals surface area contributed by atoms with Gasteiger partial charge in [0.25, 0.3) is 0 Å². The first kappa shape index (κ1) is 12.5. The van der Waals surface area contributed by atoms with Crippen LogP contribution in [0.5, 0.6) is 0 Å². The van der Waals surface area contributed by atoms with E-state index in [0.717, 1.165) is 41.4 Å². The molecule has 7 unspecified atom stereocenters. The lowest BCUT2D eigenvalue weighted by atomic mass is 9.73. The molecule has 0 spiro atoms. The van der Waals surface area contributed by atoms with E-state index >= 15 is 0 Å². The van der Waals surface area contributed by atoms with E-state index in [2.05, 4.69) is 48.5 Å². The maximum atomic E-state index is 2.51. The summed E-state index contributed by atoms with van der Waals surface area (Å²) >= 11 is 0. The van der Waals surface area contributed by atoms with Crippen LogP contribution in [0.4, 0.5) is 0 Å². The molecule has 2 aliphatic carbocycles. The molecule has 16 heavy (non-hydrogen) atoms. The Morgan fingerprint density at radius 2 is 1.44 bits per heavy atom. The van der Waals surface area contributed by atoms with Crippen LogP contribution in [0.1, 0.15) is 54.9 Å². The van der Waals surface area contributed by atoms with Gasteiger partial charge in [0.1, 0.15) is 0 Å². The largest absolute Gasteiger partial charge is 0.0620 e. The molecule has 0 N–H and O–H groups in total. The van der Waals surface area contributed by atoms with Crippen molar-refractivity contribution in [1.82, 2.24) is 0 Å². The van der Waals surface area contributed by atoms with Crippen molar-refractivity contribution in [3.05, 3.63) is 0 Å². The minimum absolute atomic E-state index is 0.662. The summed E-state index contributed by atoms with van der Waals surface area (Å²) < 4.78 is 0. The molecule has 0 heterocycles. The summed E-state index contributed by atoms with van der Waals surface area (Å²) in [5, 5.41) is 0. The molecule has 94 valence electrons. The molecule has 0 aliphatic heterocycles. The van der Waals surface area contributed by atoms with E-state index in [4.69, 9.17) is 0 Å². The molecular weight excluding hydrogens is 192 g/mol. The summed E-state index contributed by atoms with van der Waals surface area (Å²) in [6.45, 7) is 17.3. The first-order chi connectivity index (χ1) is 7.30. The van der Waals surface area contributed by atoms with Crippen LogP contribution in [-0.4, -0.2) is 0 Å². The Morgan fingerprint density at radius 3 is 1.75 bits per heavy atom. The maximum absolute atomic E-state index is 2.51. The van der Waals surface area contributed by atoms with Crippen molar-refractivity contribution >= 4 is 0 Å². The third kappa shape index (κ3) is 1.73. The molecule has 2 aliphatic rings. The first-order valence-corrected chi connectivity index (χ1v) is 7.30.